The number of hydrogen-bond acceptors (Lipinski definition) is 4. The molecular weight excluding hydrogens is 470 g/mol. The highest BCUT2D eigenvalue weighted by Crippen LogP contribution is 2.56. The molecule has 0 amide bonds. The standard InChI is InChI=1S/C29H24N2O2P2/c30-22-28(34(32,24-13-5-1-6-14-24)25-15-7-2-8-16-25)21-29(23-31)35(33,26-17-9-3-10-18-26)27-19-11-4-12-20-27/h1-20,28-29H,21H2. The minimum absolute atomic E-state index is 0.0882. The molecule has 0 fully saturated rings. The van der Waals surface area contributed by atoms with Crippen molar-refractivity contribution < 1.29 is 9.13 Å². The van der Waals surface area contributed by atoms with Crippen LogP contribution in [-0.2, 0) is 9.13 Å². The van der Waals surface area contributed by atoms with Crippen LogP contribution in [0.15, 0.2) is 121 Å². The van der Waals surface area contributed by atoms with E-state index < -0.39 is 25.6 Å². The van der Waals surface area contributed by atoms with Gasteiger partial charge in [0.2, 0.25) is 0 Å². The van der Waals surface area contributed by atoms with Gasteiger partial charge in [-0.2, -0.15) is 10.5 Å². The number of benzene rings is 4. The largest absolute Gasteiger partial charge is 0.312 e. The van der Waals surface area contributed by atoms with Gasteiger partial charge in [-0.25, -0.2) is 0 Å². The Morgan fingerprint density at radius 2 is 0.714 bits per heavy atom. The van der Waals surface area contributed by atoms with Crippen molar-refractivity contribution in [3.05, 3.63) is 121 Å². The smallest absolute Gasteiger partial charge is 0.159 e. The van der Waals surface area contributed by atoms with E-state index in [1.807, 2.05) is 24.3 Å². The third-order valence-corrected chi connectivity index (χ3v) is 12.9. The van der Waals surface area contributed by atoms with Crippen LogP contribution in [-0.4, -0.2) is 11.3 Å². The van der Waals surface area contributed by atoms with Crippen molar-refractivity contribution in [1.82, 2.24) is 0 Å². The second-order valence-corrected chi connectivity index (χ2v) is 14.1. The van der Waals surface area contributed by atoms with E-state index in [0.29, 0.717) is 21.2 Å². The molecule has 2 unspecified atom stereocenters. The van der Waals surface area contributed by atoms with E-state index in [2.05, 4.69) is 12.1 Å². The maximum atomic E-state index is 14.8. The zero-order valence-electron chi connectivity index (χ0n) is 19.0. The van der Waals surface area contributed by atoms with Gasteiger partial charge in [-0.05, 0) is 6.42 Å². The van der Waals surface area contributed by atoms with E-state index in [1.54, 1.807) is 97.1 Å². The van der Waals surface area contributed by atoms with Gasteiger partial charge < -0.3 is 9.13 Å². The molecule has 172 valence electrons. The zero-order valence-corrected chi connectivity index (χ0v) is 20.8. The molecule has 4 rings (SSSR count). The predicted octanol–water partition coefficient (Wildman–Crippen LogP) is 5.19. The highest BCUT2D eigenvalue weighted by molar-refractivity contribution is 7.80. The van der Waals surface area contributed by atoms with E-state index >= 15 is 0 Å². The molecule has 0 saturated heterocycles. The molecule has 4 aromatic rings. The average Bonchev–Trinajstić information content (AvgIpc) is 2.95. The summed E-state index contributed by atoms with van der Waals surface area (Å²) in [6, 6.07) is 40.2. The number of hydrogen-bond donors (Lipinski definition) is 0. The van der Waals surface area contributed by atoms with Crippen molar-refractivity contribution in [3.8, 4) is 12.1 Å². The van der Waals surface area contributed by atoms with Gasteiger partial charge in [0.15, 0.2) is 14.3 Å². The summed E-state index contributed by atoms with van der Waals surface area (Å²) in [4.78, 5) is 0. The maximum absolute atomic E-state index is 14.8. The van der Waals surface area contributed by atoms with Crippen molar-refractivity contribution in [2.45, 2.75) is 17.7 Å². The second-order valence-electron chi connectivity index (χ2n) is 8.18. The fraction of sp³-hybridized carbons (Fsp3) is 0.103. The van der Waals surface area contributed by atoms with Gasteiger partial charge in [-0.1, -0.05) is 121 Å². The Morgan fingerprint density at radius 3 is 0.914 bits per heavy atom. The van der Waals surface area contributed by atoms with Crippen LogP contribution in [0.3, 0.4) is 0 Å². The average molecular weight is 494 g/mol. The first-order chi connectivity index (χ1) is 17.0. The molecule has 0 aliphatic carbocycles. The van der Waals surface area contributed by atoms with Crippen LogP contribution < -0.4 is 21.2 Å². The summed E-state index contributed by atoms with van der Waals surface area (Å²) in [6.07, 6.45) is -0.0882. The maximum Gasteiger partial charge on any atom is 0.159 e. The summed E-state index contributed by atoms with van der Waals surface area (Å²) < 4.78 is 29.6. The van der Waals surface area contributed by atoms with Crippen LogP contribution in [0.2, 0.25) is 0 Å². The molecule has 0 aromatic heterocycles. The lowest BCUT2D eigenvalue weighted by molar-refractivity contribution is 0.574. The van der Waals surface area contributed by atoms with Crippen molar-refractivity contribution in [1.29, 1.82) is 10.5 Å². The zero-order chi connectivity index (χ0) is 24.7. The second kappa shape index (κ2) is 10.7. The SMILES string of the molecule is N#CC(CC(C#N)P(=O)(c1ccccc1)c1ccccc1)P(=O)(c1ccccc1)c1ccccc1. The van der Waals surface area contributed by atoms with Crippen molar-refractivity contribution in [2.75, 3.05) is 0 Å². The third kappa shape index (κ3) is 4.65. The highest BCUT2D eigenvalue weighted by atomic mass is 31.2. The first-order valence-corrected chi connectivity index (χ1v) is 14.8. The lowest BCUT2D eigenvalue weighted by atomic mass is 10.2. The van der Waals surface area contributed by atoms with Gasteiger partial charge in [0.05, 0.1) is 12.1 Å². The first kappa shape index (κ1) is 24.4. The lowest BCUT2D eigenvalue weighted by Crippen LogP contribution is -2.31. The molecule has 0 aliphatic rings. The number of nitriles is 2. The quantitative estimate of drug-likeness (QED) is 0.316. The van der Waals surface area contributed by atoms with Gasteiger partial charge in [0, 0.05) is 21.2 Å². The van der Waals surface area contributed by atoms with E-state index in [9.17, 15) is 19.7 Å². The molecule has 2 atom stereocenters. The number of rotatable bonds is 8. The molecule has 0 aliphatic heterocycles. The van der Waals surface area contributed by atoms with E-state index in [4.69, 9.17) is 0 Å². The van der Waals surface area contributed by atoms with Crippen molar-refractivity contribution >= 4 is 35.5 Å². The van der Waals surface area contributed by atoms with E-state index in [1.165, 1.54) is 0 Å². The summed E-state index contributed by atoms with van der Waals surface area (Å²) in [7, 11) is -6.97. The fourth-order valence-corrected chi connectivity index (χ4v) is 10.4. The lowest BCUT2D eigenvalue weighted by Gasteiger charge is -2.29. The monoisotopic (exact) mass is 494 g/mol. The molecule has 0 heterocycles. The Morgan fingerprint density at radius 1 is 0.486 bits per heavy atom. The number of nitrogens with zero attached hydrogens (tertiary/aromatic N) is 2. The summed E-state index contributed by atoms with van der Waals surface area (Å²) in [5.41, 5.74) is -2.06. The van der Waals surface area contributed by atoms with Crippen LogP contribution in [0.5, 0.6) is 0 Å². The molecule has 0 bridgehead atoms. The first-order valence-electron chi connectivity index (χ1n) is 11.3. The Labute approximate surface area is 206 Å². The van der Waals surface area contributed by atoms with Crippen LogP contribution in [0, 0.1) is 22.7 Å². The van der Waals surface area contributed by atoms with Gasteiger partial charge in [0.1, 0.15) is 11.3 Å². The van der Waals surface area contributed by atoms with Crippen LogP contribution in [0.4, 0.5) is 0 Å². The molecule has 0 radical (unpaired) electrons. The predicted molar refractivity (Wildman–Crippen MR) is 143 cm³/mol. The van der Waals surface area contributed by atoms with Crippen molar-refractivity contribution in [2.24, 2.45) is 0 Å². The summed E-state index contributed by atoms with van der Waals surface area (Å²) >= 11 is 0. The van der Waals surface area contributed by atoms with Gasteiger partial charge in [-0.15, -0.1) is 0 Å². The molecular formula is C29H24N2O2P2. The Hall–Kier alpha value is -3.68. The third-order valence-electron chi connectivity index (χ3n) is 6.18. The van der Waals surface area contributed by atoms with Crippen LogP contribution in [0.25, 0.3) is 0 Å². The normalized spacial score (nSPS) is 13.2. The molecule has 4 aromatic carbocycles. The van der Waals surface area contributed by atoms with E-state index in [-0.39, 0.29) is 6.42 Å². The molecule has 0 N–H and O–H groups in total. The van der Waals surface area contributed by atoms with Crippen molar-refractivity contribution in [3.63, 3.8) is 0 Å². The van der Waals surface area contributed by atoms with Gasteiger partial charge in [-0.3, -0.25) is 0 Å². The van der Waals surface area contributed by atoms with Gasteiger partial charge >= 0.3 is 0 Å². The molecule has 0 saturated carbocycles. The molecule has 35 heavy (non-hydrogen) atoms. The topological polar surface area (TPSA) is 81.7 Å². The molecule has 6 heteroatoms. The summed E-state index contributed by atoms with van der Waals surface area (Å²) in [6.45, 7) is 0. The highest BCUT2D eigenvalue weighted by Gasteiger charge is 2.44. The Balaban J connectivity index is 1.86. The molecule has 4 nitrogen and oxygen atoms in total. The fourth-order valence-electron chi connectivity index (χ4n) is 4.39. The summed E-state index contributed by atoms with van der Waals surface area (Å²) in [5, 5.41) is 22.8. The summed E-state index contributed by atoms with van der Waals surface area (Å²) in [5.74, 6) is 0. The Bertz CT molecular complexity index is 1250. The van der Waals surface area contributed by atoms with Crippen LogP contribution >= 0.6 is 14.3 Å². The van der Waals surface area contributed by atoms with Crippen LogP contribution in [0.1, 0.15) is 6.42 Å². The molecule has 0 spiro atoms. The minimum Gasteiger partial charge on any atom is -0.312 e. The minimum atomic E-state index is -3.49. The van der Waals surface area contributed by atoms with Gasteiger partial charge in [0.25, 0.3) is 0 Å². The Kier molecular flexibility index (Phi) is 7.48. The van der Waals surface area contributed by atoms with E-state index in [0.717, 1.165) is 0 Å².